The number of carboxylic acids is 1. The first kappa shape index (κ1) is 15.9. The second kappa shape index (κ2) is 5.58. The van der Waals surface area contributed by atoms with Gasteiger partial charge in [-0.1, -0.05) is 12.5 Å². The predicted molar refractivity (Wildman–Crippen MR) is 78.8 cm³/mol. The lowest BCUT2D eigenvalue weighted by Gasteiger charge is -2.44. The lowest BCUT2D eigenvalue weighted by atomic mass is 9.63. The Bertz CT molecular complexity index is 637. The van der Waals surface area contributed by atoms with Crippen LogP contribution in [0.5, 0.6) is 0 Å². The molecule has 1 amide bonds. The molecule has 2 aliphatic rings. The van der Waals surface area contributed by atoms with Crippen LogP contribution in [0, 0.1) is 17.6 Å². The van der Waals surface area contributed by atoms with Gasteiger partial charge in [-0.15, -0.1) is 0 Å². The molecule has 1 aliphatic carbocycles. The molecule has 6 heteroatoms. The van der Waals surface area contributed by atoms with Crippen LogP contribution in [0.1, 0.15) is 38.2 Å². The van der Waals surface area contributed by atoms with E-state index >= 15 is 0 Å². The zero-order chi connectivity index (χ0) is 16.8. The number of hydrogen-bond donors (Lipinski definition) is 1. The van der Waals surface area contributed by atoms with Crippen LogP contribution in [0.4, 0.5) is 8.78 Å². The summed E-state index contributed by atoms with van der Waals surface area (Å²) in [6.07, 6.45) is 1.89. The predicted octanol–water partition coefficient (Wildman–Crippen LogP) is 2.71. The van der Waals surface area contributed by atoms with E-state index in [1.54, 1.807) is 6.92 Å². The van der Waals surface area contributed by atoms with Crippen LogP contribution in [0.3, 0.4) is 0 Å². The molecule has 23 heavy (non-hydrogen) atoms. The van der Waals surface area contributed by atoms with Crippen molar-refractivity contribution in [3.8, 4) is 0 Å². The smallest absolute Gasteiger partial charge is 0.308 e. The molecular formula is C17H19F2NO3. The van der Waals surface area contributed by atoms with Crippen molar-refractivity contribution in [2.75, 3.05) is 6.54 Å². The molecule has 3 rings (SSSR count). The summed E-state index contributed by atoms with van der Waals surface area (Å²) < 4.78 is 28.4. The van der Waals surface area contributed by atoms with E-state index in [-0.39, 0.29) is 11.5 Å². The first-order valence-electron chi connectivity index (χ1n) is 7.87. The Labute approximate surface area is 133 Å². The van der Waals surface area contributed by atoms with Gasteiger partial charge in [0.2, 0.25) is 5.91 Å². The van der Waals surface area contributed by atoms with Gasteiger partial charge in [0.1, 0.15) is 11.6 Å². The summed E-state index contributed by atoms with van der Waals surface area (Å²) in [4.78, 5) is 25.8. The molecule has 2 atom stereocenters. The number of benzene rings is 1. The molecular weight excluding hydrogens is 304 g/mol. The first-order valence-corrected chi connectivity index (χ1v) is 7.87. The van der Waals surface area contributed by atoms with E-state index in [0.29, 0.717) is 25.8 Å². The number of hydrogen-bond acceptors (Lipinski definition) is 2. The van der Waals surface area contributed by atoms with Crippen molar-refractivity contribution in [1.82, 2.24) is 4.90 Å². The summed E-state index contributed by atoms with van der Waals surface area (Å²) in [7, 11) is 0. The number of halogens is 2. The van der Waals surface area contributed by atoms with Crippen molar-refractivity contribution >= 4 is 11.9 Å². The molecule has 4 nitrogen and oxygen atoms in total. The highest BCUT2D eigenvalue weighted by molar-refractivity contribution is 5.90. The number of rotatable bonds is 3. The van der Waals surface area contributed by atoms with E-state index in [4.69, 9.17) is 0 Å². The second-order valence-electron chi connectivity index (χ2n) is 6.50. The van der Waals surface area contributed by atoms with Crippen molar-refractivity contribution in [3.63, 3.8) is 0 Å². The molecule has 1 aromatic carbocycles. The van der Waals surface area contributed by atoms with E-state index in [2.05, 4.69) is 0 Å². The lowest BCUT2D eigenvalue weighted by Crippen LogP contribution is -2.53. The fraction of sp³-hybridized carbons (Fsp3) is 0.529. The molecule has 1 aromatic rings. The maximum absolute atomic E-state index is 14.2. The fourth-order valence-electron chi connectivity index (χ4n) is 3.89. The van der Waals surface area contributed by atoms with Gasteiger partial charge in [0, 0.05) is 18.2 Å². The summed E-state index contributed by atoms with van der Waals surface area (Å²) in [5.74, 6) is -3.32. The standard InChI is InChI=1S/C17H19F2NO3/c1-10-11(15(21)22)6-9-20(10)16(23)17(7-3-8-17)14-12(18)4-2-5-13(14)19/h2,4-5,10-11H,3,6-9H2,1H3,(H,21,22). The van der Waals surface area contributed by atoms with Crippen molar-refractivity contribution < 1.29 is 23.5 Å². The van der Waals surface area contributed by atoms with Gasteiger partial charge in [-0.05, 0) is 38.3 Å². The quantitative estimate of drug-likeness (QED) is 0.930. The van der Waals surface area contributed by atoms with Gasteiger partial charge in [0.25, 0.3) is 0 Å². The van der Waals surface area contributed by atoms with Gasteiger partial charge in [-0.3, -0.25) is 9.59 Å². The number of carbonyl (C=O) groups is 2. The molecule has 124 valence electrons. The number of carboxylic acid groups (broad SMARTS) is 1. The van der Waals surface area contributed by atoms with Crippen LogP contribution < -0.4 is 0 Å². The molecule has 1 N–H and O–H groups in total. The Hall–Kier alpha value is -1.98. The number of amides is 1. The third-order valence-corrected chi connectivity index (χ3v) is 5.39. The molecule has 1 saturated heterocycles. The summed E-state index contributed by atoms with van der Waals surface area (Å²) in [6.45, 7) is 2.00. The summed E-state index contributed by atoms with van der Waals surface area (Å²) in [6, 6.07) is 3.15. The van der Waals surface area contributed by atoms with Gasteiger partial charge in [0.15, 0.2) is 0 Å². The van der Waals surface area contributed by atoms with E-state index in [0.717, 1.165) is 6.42 Å². The normalized spacial score (nSPS) is 26.0. The van der Waals surface area contributed by atoms with Crippen LogP contribution in [0.25, 0.3) is 0 Å². The van der Waals surface area contributed by atoms with E-state index in [1.807, 2.05) is 0 Å². The lowest BCUT2D eigenvalue weighted by molar-refractivity contribution is -0.145. The molecule has 0 bridgehead atoms. The van der Waals surface area contributed by atoms with Crippen molar-refractivity contribution in [3.05, 3.63) is 35.4 Å². The topological polar surface area (TPSA) is 57.6 Å². The Balaban J connectivity index is 1.95. The zero-order valence-electron chi connectivity index (χ0n) is 12.9. The molecule has 0 radical (unpaired) electrons. The first-order chi connectivity index (χ1) is 10.9. The molecule has 1 saturated carbocycles. The summed E-state index contributed by atoms with van der Waals surface area (Å²) >= 11 is 0. The molecule has 0 aromatic heterocycles. The van der Waals surface area contributed by atoms with Gasteiger partial charge in [-0.2, -0.15) is 0 Å². The second-order valence-corrected chi connectivity index (χ2v) is 6.50. The molecule has 1 aliphatic heterocycles. The van der Waals surface area contributed by atoms with E-state index in [1.165, 1.54) is 23.1 Å². The summed E-state index contributed by atoms with van der Waals surface area (Å²) in [5.41, 5.74) is -1.35. The maximum atomic E-state index is 14.2. The number of carbonyl (C=O) groups excluding carboxylic acids is 1. The number of nitrogens with zero attached hydrogens (tertiary/aromatic N) is 1. The van der Waals surface area contributed by atoms with E-state index < -0.39 is 35.0 Å². The Morgan fingerprint density at radius 1 is 1.26 bits per heavy atom. The Morgan fingerprint density at radius 2 is 1.87 bits per heavy atom. The van der Waals surface area contributed by atoms with Crippen LogP contribution >= 0.6 is 0 Å². The highest BCUT2D eigenvalue weighted by atomic mass is 19.1. The average Bonchev–Trinajstić information content (AvgIpc) is 2.82. The fourth-order valence-corrected chi connectivity index (χ4v) is 3.89. The number of aliphatic carboxylic acids is 1. The molecule has 2 fully saturated rings. The Kier molecular flexibility index (Phi) is 3.86. The third-order valence-electron chi connectivity index (χ3n) is 5.39. The highest BCUT2D eigenvalue weighted by Gasteiger charge is 2.53. The molecule has 0 spiro atoms. The van der Waals surface area contributed by atoms with Crippen LogP contribution in [0.2, 0.25) is 0 Å². The van der Waals surface area contributed by atoms with Crippen LogP contribution in [-0.2, 0) is 15.0 Å². The minimum atomic E-state index is -1.18. The van der Waals surface area contributed by atoms with Gasteiger partial charge in [0.05, 0.1) is 11.3 Å². The maximum Gasteiger partial charge on any atom is 0.308 e. The van der Waals surface area contributed by atoms with Crippen LogP contribution in [-0.4, -0.2) is 34.5 Å². The largest absolute Gasteiger partial charge is 0.481 e. The van der Waals surface area contributed by atoms with Crippen LogP contribution in [0.15, 0.2) is 18.2 Å². The van der Waals surface area contributed by atoms with Gasteiger partial charge >= 0.3 is 5.97 Å². The number of likely N-dealkylation sites (tertiary alicyclic amines) is 1. The molecule has 1 heterocycles. The van der Waals surface area contributed by atoms with Crippen molar-refractivity contribution in [2.24, 2.45) is 5.92 Å². The van der Waals surface area contributed by atoms with Gasteiger partial charge < -0.3 is 10.0 Å². The minimum Gasteiger partial charge on any atom is -0.481 e. The Morgan fingerprint density at radius 3 is 2.30 bits per heavy atom. The van der Waals surface area contributed by atoms with Crippen molar-refractivity contribution in [2.45, 2.75) is 44.1 Å². The zero-order valence-corrected chi connectivity index (χ0v) is 12.9. The minimum absolute atomic E-state index is 0.165. The van der Waals surface area contributed by atoms with E-state index in [9.17, 15) is 23.5 Å². The third kappa shape index (κ3) is 2.31. The average molecular weight is 323 g/mol. The SMILES string of the molecule is CC1C(C(=O)O)CCN1C(=O)C1(c2c(F)cccc2F)CCC1. The highest BCUT2D eigenvalue weighted by Crippen LogP contribution is 2.48. The summed E-state index contributed by atoms with van der Waals surface area (Å²) in [5, 5.41) is 9.20. The monoisotopic (exact) mass is 323 g/mol. The van der Waals surface area contributed by atoms with Crippen molar-refractivity contribution in [1.29, 1.82) is 0 Å². The molecule has 2 unspecified atom stereocenters. The van der Waals surface area contributed by atoms with Gasteiger partial charge in [-0.25, -0.2) is 8.78 Å².